The van der Waals surface area contributed by atoms with Gasteiger partial charge in [-0.05, 0) is 25.0 Å². The Kier molecular flexibility index (Phi) is 5.52. The average molecular weight is 282 g/mol. The van der Waals surface area contributed by atoms with Crippen LogP contribution in [0.2, 0.25) is 0 Å². The van der Waals surface area contributed by atoms with Crippen LogP contribution in [0.15, 0.2) is 59.7 Å². The third-order valence-corrected chi connectivity index (χ3v) is 3.33. The quantitative estimate of drug-likeness (QED) is 0.652. The van der Waals surface area contributed by atoms with Gasteiger partial charge in [-0.3, -0.25) is 5.01 Å². The van der Waals surface area contributed by atoms with E-state index in [-0.39, 0.29) is 6.61 Å². The minimum atomic E-state index is 0.0948. The Hall–Kier alpha value is -2.13. The largest absolute Gasteiger partial charge is 0.394 e. The molecular formula is C18H22N2O. The van der Waals surface area contributed by atoms with E-state index in [1.54, 1.807) is 0 Å². The Morgan fingerprint density at radius 1 is 1.05 bits per heavy atom. The lowest BCUT2D eigenvalue weighted by Crippen LogP contribution is -2.22. The number of aliphatic hydroxyl groups excluding tert-OH is 1. The Balaban J connectivity index is 2.14. The normalized spacial score (nSPS) is 11.5. The van der Waals surface area contributed by atoms with Gasteiger partial charge in [0.15, 0.2) is 0 Å². The average Bonchev–Trinajstić information content (AvgIpc) is 2.49. The van der Waals surface area contributed by atoms with Crippen molar-refractivity contribution in [2.45, 2.75) is 20.4 Å². The minimum absolute atomic E-state index is 0.0948. The number of hydrogen-bond acceptors (Lipinski definition) is 3. The van der Waals surface area contributed by atoms with Crippen LogP contribution in [0.4, 0.5) is 0 Å². The van der Waals surface area contributed by atoms with Crippen molar-refractivity contribution in [2.24, 2.45) is 5.10 Å². The summed E-state index contributed by atoms with van der Waals surface area (Å²) in [5, 5.41) is 15.8. The molecule has 0 fully saturated rings. The highest BCUT2D eigenvalue weighted by Gasteiger charge is 2.04. The van der Waals surface area contributed by atoms with Crippen LogP contribution < -0.4 is 0 Å². The van der Waals surface area contributed by atoms with Crippen molar-refractivity contribution >= 4 is 5.71 Å². The molecule has 0 bridgehead atoms. The van der Waals surface area contributed by atoms with Crippen LogP contribution >= 0.6 is 0 Å². The summed E-state index contributed by atoms with van der Waals surface area (Å²) in [6, 6.07) is 18.5. The summed E-state index contributed by atoms with van der Waals surface area (Å²) in [5.74, 6) is 0. The molecule has 3 nitrogen and oxygen atoms in total. The monoisotopic (exact) mass is 282 g/mol. The van der Waals surface area contributed by atoms with Crippen LogP contribution in [-0.4, -0.2) is 29.0 Å². The molecule has 3 heteroatoms. The fourth-order valence-corrected chi connectivity index (χ4v) is 2.14. The number of rotatable bonds is 6. The van der Waals surface area contributed by atoms with Crippen LogP contribution in [-0.2, 0) is 6.54 Å². The SMILES string of the molecule is C/C(=N/N(CCO)Cc1ccccc1)c1ccc(C)cc1. The second-order valence-electron chi connectivity index (χ2n) is 5.15. The molecule has 0 saturated heterocycles. The Labute approximate surface area is 126 Å². The highest BCUT2D eigenvalue weighted by molar-refractivity contribution is 5.98. The standard InChI is InChI=1S/C18H22N2O/c1-15-8-10-18(11-9-15)16(2)19-20(12-13-21)14-17-6-4-3-5-7-17/h3-11,21H,12-14H2,1-2H3/b19-16-. The van der Waals surface area contributed by atoms with E-state index in [4.69, 9.17) is 0 Å². The van der Waals surface area contributed by atoms with Gasteiger partial charge in [0.2, 0.25) is 0 Å². The summed E-state index contributed by atoms with van der Waals surface area (Å²) >= 11 is 0. The van der Waals surface area contributed by atoms with Crippen molar-refractivity contribution in [3.05, 3.63) is 71.3 Å². The smallest absolute Gasteiger partial charge is 0.0646 e. The summed E-state index contributed by atoms with van der Waals surface area (Å²) in [6.07, 6.45) is 0. The molecule has 0 spiro atoms. The van der Waals surface area contributed by atoms with Crippen molar-refractivity contribution in [1.82, 2.24) is 5.01 Å². The van der Waals surface area contributed by atoms with Gasteiger partial charge in [0.1, 0.15) is 0 Å². The molecule has 0 saturated carbocycles. The molecular weight excluding hydrogens is 260 g/mol. The number of aryl methyl sites for hydroxylation is 1. The molecule has 0 atom stereocenters. The maximum Gasteiger partial charge on any atom is 0.0646 e. The Morgan fingerprint density at radius 3 is 2.33 bits per heavy atom. The first-order valence-electron chi connectivity index (χ1n) is 7.21. The summed E-state index contributed by atoms with van der Waals surface area (Å²) in [5.41, 5.74) is 4.49. The predicted molar refractivity (Wildman–Crippen MR) is 87.3 cm³/mol. The number of hydrogen-bond donors (Lipinski definition) is 1. The van der Waals surface area contributed by atoms with Crippen LogP contribution in [0.25, 0.3) is 0 Å². The second kappa shape index (κ2) is 7.60. The Morgan fingerprint density at radius 2 is 1.71 bits per heavy atom. The zero-order valence-electron chi connectivity index (χ0n) is 12.7. The molecule has 0 aliphatic carbocycles. The number of nitrogens with zero attached hydrogens (tertiary/aromatic N) is 2. The van der Waals surface area contributed by atoms with Crippen LogP contribution in [0.3, 0.4) is 0 Å². The zero-order valence-corrected chi connectivity index (χ0v) is 12.7. The van der Waals surface area contributed by atoms with Gasteiger partial charge in [0.25, 0.3) is 0 Å². The first-order valence-corrected chi connectivity index (χ1v) is 7.21. The number of hydrazone groups is 1. The van der Waals surface area contributed by atoms with Gasteiger partial charge in [-0.1, -0.05) is 60.2 Å². The van der Waals surface area contributed by atoms with Gasteiger partial charge in [0, 0.05) is 0 Å². The fourth-order valence-electron chi connectivity index (χ4n) is 2.14. The molecule has 0 heterocycles. The molecule has 1 N–H and O–H groups in total. The second-order valence-corrected chi connectivity index (χ2v) is 5.15. The molecule has 0 aliphatic heterocycles. The third-order valence-electron chi connectivity index (χ3n) is 3.33. The van der Waals surface area contributed by atoms with Crippen LogP contribution in [0.5, 0.6) is 0 Å². The lowest BCUT2D eigenvalue weighted by Gasteiger charge is -2.19. The topological polar surface area (TPSA) is 35.8 Å². The lowest BCUT2D eigenvalue weighted by molar-refractivity contribution is 0.196. The lowest BCUT2D eigenvalue weighted by atomic mass is 10.1. The predicted octanol–water partition coefficient (Wildman–Crippen LogP) is 3.21. The van der Waals surface area contributed by atoms with Crippen molar-refractivity contribution < 1.29 is 5.11 Å². The van der Waals surface area contributed by atoms with E-state index in [0.29, 0.717) is 13.1 Å². The van der Waals surface area contributed by atoms with Gasteiger partial charge < -0.3 is 5.11 Å². The van der Waals surface area contributed by atoms with E-state index in [2.05, 4.69) is 48.4 Å². The van der Waals surface area contributed by atoms with Crippen LogP contribution in [0, 0.1) is 6.92 Å². The van der Waals surface area contributed by atoms with E-state index < -0.39 is 0 Å². The van der Waals surface area contributed by atoms with E-state index in [9.17, 15) is 5.11 Å². The fraction of sp³-hybridized carbons (Fsp3) is 0.278. The third kappa shape index (κ3) is 4.72. The molecule has 0 aliphatic rings. The zero-order chi connectivity index (χ0) is 15.1. The molecule has 2 aromatic rings. The molecule has 0 radical (unpaired) electrons. The summed E-state index contributed by atoms with van der Waals surface area (Å²) in [4.78, 5) is 0. The maximum absolute atomic E-state index is 9.22. The van der Waals surface area contributed by atoms with Crippen molar-refractivity contribution in [1.29, 1.82) is 0 Å². The first kappa shape index (κ1) is 15.3. The van der Waals surface area contributed by atoms with Crippen LogP contribution in [0.1, 0.15) is 23.6 Å². The highest BCUT2D eigenvalue weighted by Crippen LogP contribution is 2.09. The van der Waals surface area contributed by atoms with Crippen molar-refractivity contribution in [3.63, 3.8) is 0 Å². The maximum atomic E-state index is 9.22. The van der Waals surface area contributed by atoms with E-state index in [1.807, 2.05) is 30.1 Å². The van der Waals surface area contributed by atoms with E-state index in [0.717, 1.165) is 11.3 Å². The molecule has 2 aromatic carbocycles. The van der Waals surface area contributed by atoms with Crippen molar-refractivity contribution in [2.75, 3.05) is 13.2 Å². The summed E-state index contributed by atoms with van der Waals surface area (Å²) in [7, 11) is 0. The Bertz CT molecular complexity index is 576. The van der Waals surface area contributed by atoms with Gasteiger partial charge in [0.05, 0.1) is 25.4 Å². The van der Waals surface area contributed by atoms with Gasteiger partial charge >= 0.3 is 0 Å². The number of aliphatic hydroxyl groups is 1. The minimum Gasteiger partial charge on any atom is -0.394 e. The molecule has 110 valence electrons. The van der Waals surface area contributed by atoms with E-state index >= 15 is 0 Å². The molecule has 2 rings (SSSR count). The van der Waals surface area contributed by atoms with Gasteiger partial charge in [-0.25, -0.2) is 0 Å². The highest BCUT2D eigenvalue weighted by atomic mass is 16.3. The summed E-state index contributed by atoms with van der Waals surface area (Å²) < 4.78 is 0. The van der Waals surface area contributed by atoms with Crippen molar-refractivity contribution in [3.8, 4) is 0 Å². The number of benzene rings is 2. The molecule has 21 heavy (non-hydrogen) atoms. The molecule has 0 unspecified atom stereocenters. The molecule has 0 amide bonds. The van der Waals surface area contributed by atoms with Gasteiger partial charge in [-0.2, -0.15) is 5.10 Å². The summed E-state index contributed by atoms with van der Waals surface area (Å²) in [6.45, 7) is 5.39. The van der Waals surface area contributed by atoms with Gasteiger partial charge in [-0.15, -0.1) is 0 Å². The first-order chi connectivity index (χ1) is 10.2. The van der Waals surface area contributed by atoms with E-state index in [1.165, 1.54) is 11.1 Å². The molecule has 0 aromatic heterocycles.